The number of carbonyl (C=O) groups is 9. The van der Waals surface area contributed by atoms with Crippen molar-refractivity contribution in [3.8, 4) is 0 Å². The molecule has 0 radical (unpaired) electrons. The number of aliphatic hydroxyl groups excluding tert-OH is 1. The van der Waals surface area contributed by atoms with Crippen molar-refractivity contribution in [2.45, 2.75) is 214 Å². The third-order valence-electron chi connectivity index (χ3n) is 11.9. The molecule has 0 aliphatic rings. The molecular formula is C51H91N11O11. The minimum atomic E-state index is -1.73. The SMILES string of the molecule is CCCCCCCC[C@@H](C(=O)N[C@H](C(=O)NC(C)(C)C(=O)N[C@@H](CC(C)C)C(=O)N[C@@H](CC(C)C)C(=O)NC(C)(C)C(=O)NC(C)(C)C(=O)NCCC(=O)N[C@@H](C)CN(C)C)[C@@H](C)O)N(C=O)c1coc(C)n1. The molecule has 22 heteroatoms. The van der Waals surface area contributed by atoms with E-state index in [-0.39, 0.29) is 67.7 Å². The first-order valence-electron chi connectivity index (χ1n) is 25.7. The maximum absolute atomic E-state index is 14.1. The van der Waals surface area contributed by atoms with Gasteiger partial charge in [-0.25, -0.2) is 0 Å². The Balaban J connectivity index is 3.19. The molecule has 0 saturated heterocycles. The Labute approximate surface area is 433 Å². The van der Waals surface area contributed by atoms with Crippen LogP contribution in [0.1, 0.15) is 160 Å². The van der Waals surface area contributed by atoms with E-state index < -0.39 is 88.2 Å². The third-order valence-corrected chi connectivity index (χ3v) is 11.9. The maximum Gasteiger partial charge on any atom is 0.246 e. The Bertz CT molecular complexity index is 1980. The molecule has 0 spiro atoms. The van der Waals surface area contributed by atoms with Crippen molar-refractivity contribution in [1.82, 2.24) is 52.4 Å². The van der Waals surface area contributed by atoms with Crippen LogP contribution in [0.4, 0.5) is 5.82 Å². The number of hydrogen-bond acceptors (Lipinski definition) is 13. The van der Waals surface area contributed by atoms with Crippen molar-refractivity contribution >= 4 is 59.5 Å². The molecule has 1 rings (SSSR count). The maximum atomic E-state index is 14.1. The molecule has 1 aromatic heterocycles. The second-order valence-electron chi connectivity index (χ2n) is 21.9. The van der Waals surface area contributed by atoms with Crippen LogP contribution in [0.3, 0.4) is 0 Å². The van der Waals surface area contributed by atoms with E-state index in [1.54, 1.807) is 6.92 Å². The Hall–Kier alpha value is -5.64. The van der Waals surface area contributed by atoms with E-state index in [0.717, 1.165) is 37.0 Å². The first kappa shape index (κ1) is 65.4. The van der Waals surface area contributed by atoms with E-state index >= 15 is 0 Å². The highest BCUT2D eigenvalue weighted by molar-refractivity contribution is 6.00. The number of carbonyl (C=O) groups excluding carboxylic acids is 9. The molecule has 6 atom stereocenters. The summed E-state index contributed by atoms with van der Waals surface area (Å²) in [5, 5.41) is 32.3. The largest absolute Gasteiger partial charge is 0.447 e. The fourth-order valence-electron chi connectivity index (χ4n) is 7.79. The van der Waals surface area contributed by atoms with Crippen molar-refractivity contribution in [1.29, 1.82) is 0 Å². The molecular weight excluding hydrogens is 943 g/mol. The first-order chi connectivity index (χ1) is 33.8. The van der Waals surface area contributed by atoms with Gasteiger partial charge in [-0.2, -0.15) is 4.98 Å². The summed E-state index contributed by atoms with van der Waals surface area (Å²) in [6, 6.07) is -5.18. The number of nitrogens with zero attached hydrogens (tertiary/aromatic N) is 3. The molecule has 0 bridgehead atoms. The van der Waals surface area contributed by atoms with E-state index in [1.807, 2.05) is 53.6 Å². The number of anilines is 1. The zero-order valence-corrected chi connectivity index (χ0v) is 46.6. The summed E-state index contributed by atoms with van der Waals surface area (Å²) in [5.41, 5.74) is -4.77. The molecule has 0 saturated carbocycles. The van der Waals surface area contributed by atoms with Crippen molar-refractivity contribution in [3.63, 3.8) is 0 Å². The summed E-state index contributed by atoms with van der Waals surface area (Å²) in [7, 11) is 3.78. The Morgan fingerprint density at radius 3 is 1.74 bits per heavy atom. The molecule has 0 unspecified atom stereocenters. The van der Waals surface area contributed by atoms with E-state index in [4.69, 9.17) is 4.42 Å². The van der Waals surface area contributed by atoms with Crippen molar-refractivity contribution < 1.29 is 52.7 Å². The molecule has 0 fully saturated rings. The van der Waals surface area contributed by atoms with Crippen molar-refractivity contribution in [3.05, 3.63) is 12.2 Å². The third kappa shape index (κ3) is 23.4. The summed E-state index contributed by atoms with van der Waals surface area (Å²) in [6.07, 6.45) is 6.20. The molecule has 1 heterocycles. The molecule has 9 N–H and O–H groups in total. The highest BCUT2D eigenvalue weighted by Crippen LogP contribution is 2.21. The Morgan fingerprint density at radius 1 is 0.685 bits per heavy atom. The number of nitrogens with one attached hydrogen (secondary N) is 8. The van der Waals surface area contributed by atoms with Gasteiger partial charge in [0.25, 0.3) is 0 Å². The summed E-state index contributed by atoms with van der Waals surface area (Å²) in [4.78, 5) is 129. The summed E-state index contributed by atoms with van der Waals surface area (Å²) < 4.78 is 5.30. The lowest BCUT2D eigenvalue weighted by atomic mass is 9.96. The molecule has 0 aliphatic carbocycles. The molecule has 0 aliphatic heterocycles. The fourth-order valence-corrected chi connectivity index (χ4v) is 7.79. The summed E-state index contributed by atoms with van der Waals surface area (Å²) in [6.45, 7) is 23.5. The normalized spacial score (nSPS) is 14.5. The number of oxazole rings is 1. The minimum Gasteiger partial charge on any atom is -0.447 e. The van der Waals surface area contributed by atoms with Crippen LogP contribution < -0.4 is 47.4 Å². The lowest BCUT2D eigenvalue weighted by molar-refractivity contribution is -0.139. The number of aromatic nitrogens is 1. The van der Waals surface area contributed by atoms with Crippen LogP contribution in [0, 0.1) is 18.8 Å². The highest BCUT2D eigenvalue weighted by Gasteiger charge is 2.41. The smallest absolute Gasteiger partial charge is 0.246 e. The fraction of sp³-hybridized carbons (Fsp3) is 0.765. The van der Waals surface area contributed by atoms with E-state index in [2.05, 4.69) is 54.4 Å². The number of hydrogen-bond donors (Lipinski definition) is 9. The van der Waals surface area contributed by atoms with Gasteiger partial charge in [0.2, 0.25) is 53.7 Å². The minimum absolute atomic E-state index is 0.0242. The van der Waals surface area contributed by atoms with Gasteiger partial charge in [-0.15, -0.1) is 0 Å². The van der Waals surface area contributed by atoms with Crippen LogP contribution in [0.5, 0.6) is 0 Å². The summed E-state index contributed by atoms with van der Waals surface area (Å²) in [5.74, 6) is -5.26. The van der Waals surface area contributed by atoms with Gasteiger partial charge < -0.3 is 57.0 Å². The van der Waals surface area contributed by atoms with Crippen molar-refractivity contribution in [2.75, 3.05) is 32.1 Å². The van der Waals surface area contributed by atoms with Gasteiger partial charge in [-0.05, 0) is 101 Å². The second-order valence-corrected chi connectivity index (χ2v) is 21.9. The van der Waals surface area contributed by atoms with Crippen LogP contribution in [0.25, 0.3) is 0 Å². The lowest BCUT2D eigenvalue weighted by Crippen LogP contribution is -2.65. The van der Waals surface area contributed by atoms with E-state index in [0.29, 0.717) is 19.4 Å². The second kappa shape index (κ2) is 30.5. The first-order valence-corrected chi connectivity index (χ1v) is 25.7. The van der Waals surface area contributed by atoms with E-state index in [1.165, 1.54) is 54.7 Å². The van der Waals surface area contributed by atoms with E-state index in [9.17, 15) is 48.3 Å². The highest BCUT2D eigenvalue weighted by atomic mass is 16.3. The number of rotatable bonds is 34. The van der Waals surface area contributed by atoms with Crippen LogP contribution in [0.2, 0.25) is 0 Å². The number of amides is 9. The van der Waals surface area contributed by atoms with Gasteiger partial charge in [-0.1, -0.05) is 73.1 Å². The van der Waals surface area contributed by atoms with Crippen molar-refractivity contribution in [2.24, 2.45) is 11.8 Å². The lowest BCUT2D eigenvalue weighted by Gasteiger charge is -2.34. The van der Waals surface area contributed by atoms with Crippen LogP contribution in [0.15, 0.2) is 10.7 Å². The molecule has 1 aromatic rings. The zero-order chi connectivity index (χ0) is 56.0. The van der Waals surface area contributed by atoms with Crippen LogP contribution >= 0.6 is 0 Å². The standard InChI is InChI=1S/C51H91N11O11/c1-17-18-19-20-21-22-23-38(62(30-63)39-29-73-35(8)54-39)44(68)57-41(34(7)64)45(69)59-50(11,12)47(71)56-36(26-31(2)3)42(66)55-37(27-32(4)5)43(67)58-51(13,14)48(72)60-49(9,10)46(70)52-25-24-40(65)53-33(6)28-61(15)16/h29-34,36-38,41,64H,17-28H2,1-16H3,(H,52,70)(H,53,65)(H,55,66)(H,56,71)(H,57,68)(H,58,67)(H,59,69)(H,60,72)/t33-,34+,36-,37-,38-,41-/m0/s1. The average molecular weight is 1030 g/mol. The van der Waals surface area contributed by atoms with Crippen LogP contribution in [-0.4, -0.2) is 149 Å². The van der Waals surface area contributed by atoms with Gasteiger partial charge in [0, 0.05) is 32.5 Å². The van der Waals surface area contributed by atoms with Gasteiger partial charge in [0.05, 0.1) is 6.10 Å². The predicted octanol–water partition coefficient (Wildman–Crippen LogP) is 2.25. The topological polar surface area (TPSA) is 303 Å². The van der Waals surface area contributed by atoms with Gasteiger partial charge in [0.15, 0.2) is 11.7 Å². The number of likely N-dealkylation sites (N-methyl/N-ethyl adjacent to an activating group) is 1. The molecule has 0 aromatic carbocycles. The van der Waals surface area contributed by atoms with Gasteiger partial charge in [-0.3, -0.25) is 48.1 Å². The zero-order valence-electron chi connectivity index (χ0n) is 46.6. The molecule has 9 amide bonds. The Morgan fingerprint density at radius 2 is 1.22 bits per heavy atom. The summed E-state index contributed by atoms with van der Waals surface area (Å²) >= 11 is 0. The van der Waals surface area contributed by atoms with Gasteiger partial charge >= 0.3 is 0 Å². The van der Waals surface area contributed by atoms with Crippen LogP contribution in [-0.2, 0) is 43.2 Å². The predicted molar refractivity (Wildman–Crippen MR) is 278 cm³/mol. The molecule has 416 valence electrons. The van der Waals surface area contributed by atoms with Gasteiger partial charge in [0.1, 0.15) is 47.0 Å². The molecule has 22 nitrogen and oxygen atoms in total. The Kier molecular flexibility index (Phi) is 27.3. The quantitative estimate of drug-likeness (QED) is 0.0354. The average Bonchev–Trinajstić information content (AvgIpc) is 3.69. The molecule has 73 heavy (non-hydrogen) atoms. The monoisotopic (exact) mass is 1030 g/mol. The number of unbranched alkanes of at least 4 members (excludes halogenated alkanes) is 5. The number of aryl methyl sites for hydroxylation is 1. The number of aliphatic hydroxyl groups is 1.